The number of piperidine rings is 1. The molecule has 0 spiro atoms. The minimum atomic E-state index is -0.0178. The van der Waals surface area contributed by atoms with E-state index in [1.54, 1.807) is 11.3 Å². The zero-order valence-electron chi connectivity index (χ0n) is 20.3. The van der Waals surface area contributed by atoms with E-state index in [-0.39, 0.29) is 24.3 Å². The number of hydrogen-bond acceptors (Lipinski definition) is 5. The largest absolute Gasteiger partial charge is 0.484 e. The maximum absolute atomic E-state index is 13.2. The van der Waals surface area contributed by atoms with Gasteiger partial charge in [-0.2, -0.15) is 0 Å². The summed E-state index contributed by atoms with van der Waals surface area (Å²) in [7, 11) is 0. The van der Waals surface area contributed by atoms with E-state index in [9.17, 15) is 9.59 Å². The van der Waals surface area contributed by atoms with Crippen molar-refractivity contribution in [3.63, 3.8) is 0 Å². The molecule has 1 aromatic heterocycles. The summed E-state index contributed by atoms with van der Waals surface area (Å²) in [6, 6.07) is 14.0. The normalized spacial score (nSPS) is 16.2. The van der Waals surface area contributed by atoms with E-state index in [4.69, 9.17) is 9.72 Å². The molecule has 0 saturated carbocycles. The Morgan fingerprint density at radius 2 is 1.86 bits per heavy atom. The highest BCUT2D eigenvalue weighted by molar-refractivity contribution is 7.10. The molecular weight excluding hydrogens is 458 g/mol. The fourth-order valence-corrected chi connectivity index (χ4v) is 5.84. The summed E-state index contributed by atoms with van der Waals surface area (Å²) in [5.41, 5.74) is 5.12. The number of aromatic nitrogens is 1. The fourth-order valence-electron chi connectivity index (χ4n) is 4.87. The summed E-state index contributed by atoms with van der Waals surface area (Å²) in [4.78, 5) is 34.4. The van der Waals surface area contributed by atoms with E-state index in [1.165, 1.54) is 11.1 Å². The summed E-state index contributed by atoms with van der Waals surface area (Å²) in [5, 5.41) is 2.89. The van der Waals surface area contributed by atoms with Crippen molar-refractivity contribution in [2.45, 2.75) is 45.4 Å². The molecule has 3 heterocycles. The predicted octanol–water partition coefficient (Wildman–Crippen LogP) is 5.14. The van der Waals surface area contributed by atoms with Gasteiger partial charge in [-0.25, -0.2) is 4.98 Å². The minimum absolute atomic E-state index is 0.0143. The Morgan fingerprint density at radius 1 is 1.06 bits per heavy atom. The highest BCUT2D eigenvalue weighted by Crippen LogP contribution is 2.32. The molecular formula is C28H31N3O3S. The van der Waals surface area contributed by atoms with Crippen LogP contribution >= 0.6 is 11.3 Å². The Kier molecular flexibility index (Phi) is 6.86. The van der Waals surface area contributed by atoms with Crippen LogP contribution in [-0.2, 0) is 11.2 Å². The van der Waals surface area contributed by atoms with Crippen molar-refractivity contribution in [3.8, 4) is 5.75 Å². The van der Waals surface area contributed by atoms with Crippen LogP contribution in [0.2, 0.25) is 0 Å². The van der Waals surface area contributed by atoms with Crippen LogP contribution in [0.5, 0.6) is 5.75 Å². The van der Waals surface area contributed by atoms with Crippen molar-refractivity contribution < 1.29 is 14.3 Å². The molecule has 6 nitrogen and oxygen atoms in total. The van der Waals surface area contributed by atoms with Gasteiger partial charge in [0.15, 0.2) is 6.61 Å². The topological polar surface area (TPSA) is 62.7 Å². The number of aryl methyl sites for hydroxylation is 3. The molecule has 7 heteroatoms. The fraction of sp³-hybridized carbons (Fsp3) is 0.393. The van der Waals surface area contributed by atoms with Crippen LogP contribution in [0.15, 0.2) is 47.8 Å². The number of rotatable bonds is 5. The van der Waals surface area contributed by atoms with Gasteiger partial charge < -0.3 is 14.5 Å². The van der Waals surface area contributed by atoms with E-state index in [0.717, 1.165) is 54.2 Å². The van der Waals surface area contributed by atoms with Crippen molar-refractivity contribution in [2.75, 3.05) is 31.1 Å². The molecule has 182 valence electrons. The third-order valence-corrected chi connectivity index (χ3v) is 8.14. The van der Waals surface area contributed by atoms with E-state index >= 15 is 0 Å². The maximum atomic E-state index is 13.2. The van der Waals surface area contributed by atoms with Crippen molar-refractivity contribution in [3.05, 3.63) is 75.2 Å². The van der Waals surface area contributed by atoms with Crippen LogP contribution in [0, 0.1) is 13.8 Å². The molecule has 0 atom stereocenters. The maximum Gasteiger partial charge on any atom is 0.277 e. The summed E-state index contributed by atoms with van der Waals surface area (Å²) in [6.45, 7) is 6.25. The minimum Gasteiger partial charge on any atom is -0.484 e. The number of hydrogen-bond donors (Lipinski definition) is 0. The average molecular weight is 490 g/mol. The Bertz CT molecular complexity index is 1230. The van der Waals surface area contributed by atoms with Gasteiger partial charge in [0.2, 0.25) is 0 Å². The lowest BCUT2D eigenvalue weighted by atomic mass is 9.97. The zero-order valence-corrected chi connectivity index (χ0v) is 21.1. The molecule has 2 aromatic carbocycles. The van der Waals surface area contributed by atoms with E-state index in [2.05, 4.69) is 13.0 Å². The van der Waals surface area contributed by atoms with Crippen LogP contribution in [0.4, 0.5) is 5.69 Å². The molecule has 0 unspecified atom stereocenters. The Labute approximate surface area is 210 Å². The van der Waals surface area contributed by atoms with Gasteiger partial charge >= 0.3 is 0 Å². The first kappa shape index (κ1) is 23.5. The van der Waals surface area contributed by atoms with Crippen molar-refractivity contribution >= 4 is 28.8 Å². The zero-order chi connectivity index (χ0) is 24.4. The number of para-hydroxylation sites is 1. The van der Waals surface area contributed by atoms with Gasteiger partial charge in [0, 0.05) is 36.6 Å². The second-order valence-corrected chi connectivity index (χ2v) is 10.3. The molecule has 3 aromatic rings. The van der Waals surface area contributed by atoms with Crippen LogP contribution < -0.4 is 9.64 Å². The third-order valence-electron chi connectivity index (χ3n) is 7.13. The quantitative estimate of drug-likeness (QED) is 0.498. The number of amides is 2. The van der Waals surface area contributed by atoms with E-state index in [0.29, 0.717) is 18.8 Å². The van der Waals surface area contributed by atoms with E-state index in [1.807, 2.05) is 58.5 Å². The summed E-state index contributed by atoms with van der Waals surface area (Å²) < 4.78 is 5.74. The second-order valence-electron chi connectivity index (χ2n) is 9.45. The molecule has 0 radical (unpaired) electrons. The third kappa shape index (κ3) is 5.10. The monoisotopic (exact) mass is 489 g/mol. The Balaban J connectivity index is 1.16. The molecule has 2 aliphatic rings. The van der Waals surface area contributed by atoms with E-state index < -0.39 is 0 Å². The van der Waals surface area contributed by atoms with Crippen LogP contribution in [0.25, 0.3) is 0 Å². The van der Waals surface area contributed by atoms with Gasteiger partial charge in [-0.1, -0.05) is 24.3 Å². The van der Waals surface area contributed by atoms with Gasteiger partial charge in [0.1, 0.15) is 11.4 Å². The van der Waals surface area contributed by atoms with Crippen molar-refractivity contribution in [1.82, 2.24) is 9.88 Å². The second kappa shape index (κ2) is 10.2. The number of fused-ring (bicyclic) bond motifs is 1. The molecule has 5 rings (SSSR count). The number of carbonyl (C=O) groups excluding carboxylic acids is 2. The number of anilines is 1. The lowest BCUT2D eigenvalue weighted by Crippen LogP contribution is -2.40. The smallest absolute Gasteiger partial charge is 0.277 e. The number of carbonyl (C=O) groups is 2. The number of ether oxygens (including phenoxy) is 1. The number of thiazole rings is 1. The van der Waals surface area contributed by atoms with Crippen molar-refractivity contribution in [2.24, 2.45) is 0 Å². The molecule has 1 saturated heterocycles. The molecule has 0 aliphatic carbocycles. The Hall–Kier alpha value is -3.19. The molecule has 35 heavy (non-hydrogen) atoms. The standard InChI is InChI=1S/C28H31N3O3S/c1-19-9-10-23(16-20(19)2)34-17-26(32)30-14-11-22(12-15-30)27-29-24(18-35-27)28(33)31-13-5-7-21-6-3-4-8-25(21)31/h3-4,6,8-10,16,18,22H,5,7,11-15,17H2,1-2H3. The molecule has 2 aliphatic heterocycles. The van der Waals surface area contributed by atoms with Crippen LogP contribution in [-0.4, -0.2) is 47.9 Å². The van der Waals surface area contributed by atoms with Gasteiger partial charge in [-0.3, -0.25) is 9.59 Å². The summed E-state index contributed by atoms with van der Waals surface area (Å²) in [6.07, 6.45) is 3.68. The van der Waals surface area contributed by atoms with Crippen LogP contribution in [0.3, 0.4) is 0 Å². The van der Waals surface area contributed by atoms with Gasteiger partial charge in [-0.15, -0.1) is 11.3 Å². The first-order chi connectivity index (χ1) is 17.0. The SMILES string of the molecule is Cc1ccc(OCC(=O)N2CCC(c3nc(C(=O)N4CCCc5ccccc54)cs3)CC2)cc1C. The molecule has 1 fully saturated rings. The lowest BCUT2D eigenvalue weighted by Gasteiger charge is -2.31. The number of likely N-dealkylation sites (tertiary alicyclic amines) is 1. The number of benzene rings is 2. The van der Waals surface area contributed by atoms with Crippen LogP contribution in [0.1, 0.15) is 57.4 Å². The molecule has 0 N–H and O–H groups in total. The first-order valence-electron chi connectivity index (χ1n) is 12.3. The van der Waals surface area contributed by atoms with Gasteiger partial charge in [0.25, 0.3) is 11.8 Å². The average Bonchev–Trinajstić information content (AvgIpc) is 3.39. The summed E-state index contributed by atoms with van der Waals surface area (Å²) >= 11 is 1.56. The molecule has 0 bridgehead atoms. The Morgan fingerprint density at radius 3 is 2.66 bits per heavy atom. The summed E-state index contributed by atoms with van der Waals surface area (Å²) in [5.74, 6) is 1.00. The van der Waals surface area contributed by atoms with Gasteiger partial charge in [-0.05, 0) is 74.4 Å². The lowest BCUT2D eigenvalue weighted by molar-refractivity contribution is -0.134. The molecule has 2 amide bonds. The van der Waals surface area contributed by atoms with Crippen molar-refractivity contribution in [1.29, 1.82) is 0 Å². The highest BCUT2D eigenvalue weighted by Gasteiger charge is 2.29. The highest BCUT2D eigenvalue weighted by atomic mass is 32.1. The number of nitrogens with zero attached hydrogens (tertiary/aromatic N) is 3. The van der Waals surface area contributed by atoms with Gasteiger partial charge in [0.05, 0.1) is 5.01 Å². The first-order valence-corrected chi connectivity index (χ1v) is 13.2. The predicted molar refractivity (Wildman–Crippen MR) is 139 cm³/mol.